The normalized spacial score (nSPS) is 10.1. The summed E-state index contributed by atoms with van der Waals surface area (Å²) in [6.07, 6.45) is 5.30. The maximum atomic E-state index is 11.4. The smallest absolute Gasteiger partial charge is 0.337 e. The zero-order chi connectivity index (χ0) is 14.4. The molecule has 0 amide bonds. The number of nitrogens with zero attached hydrogens (tertiary/aromatic N) is 2. The molecule has 2 rings (SSSR count). The van der Waals surface area contributed by atoms with Crippen LogP contribution in [0.5, 0.6) is 11.5 Å². The van der Waals surface area contributed by atoms with E-state index < -0.39 is 5.97 Å². The molecule has 0 atom stereocenters. The van der Waals surface area contributed by atoms with Crippen molar-refractivity contribution in [3.8, 4) is 11.5 Å². The molecule has 0 fully saturated rings. The van der Waals surface area contributed by atoms with E-state index in [9.17, 15) is 4.79 Å². The Balaban J connectivity index is 2.02. The van der Waals surface area contributed by atoms with Crippen LogP contribution in [0.2, 0.25) is 0 Å². The van der Waals surface area contributed by atoms with Gasteiger partial charge in [-0.25, -0.2) is 9.78 Å². The third-order valence-corrected chi connectivity index (χ3v) is 2.75. The maximum Gasteiger partial charge on any atom is 0.337 e. The van der Waals surface area contributed by atoms with Crippen molar-refractivity contribution in [2.45, 2.75) is 6.54 Å². The van der Waals surface area contributed by atoms with Crippen LogP contribution in [-0.4, -0.2) is 36.3 Å². The fourth-order valence-electron chi connectivity index (χ4n) is 1.71. The molecule has 6 heteroatoms. The first-order valence-corrected chi connectivity index (χ1v) is 6.09. The van der Waals surface area contributed by atoms with E-state index in [1.807, 2.05) is 10.8 Å². The molecular formula is C14H16N2O4. The number of aromatic nitrogens is 2. The van der Waals surface area contributed by atoms with Gasteiger partial charge in [0.05, 0.1) is 32.7 Å². The van der Waals surface area contributed by atoms with Crippen LogP contribution >= 0.6 is 0 Å². The van der Waals surface area contributed by atoms with Crippen molar-refractivity contribution in [3.63, 3.8) is 0 Å². The van der Waals surface area contributed by atoms with Crippen LogP contribution in [-0.2, 0) is 11.3 Å². The van der Waals surface area contributed by atoms with Crippen LogP contribution in [0.3, 0.4) is 0 Å². The second-order valence-electron chi connectivity index (χ2n) is 4.01. The van der Waals surface area contributed by atoms with Gasteiger partial charge >= 0.3 is 5.97 Å². The van der Waals surface area contributed by atoms with Crippen molar-refractivity contribution < 1.29 is 19.0 Å². The Bertz CT molecular complexity index is 567. The van der Waals surface area contributed by atoms with Gasteiger partial charge in [-0.05, 0) is 18.2 Å². The van der Waals surface area contributed by atoms with E-state index in [1.165, 1.54) is 14.2 Å². The highest BCUT2D eigenvalue weighted by atomic mass is 16.5. The van der Waals surface area contributed by atoms with Crippen molar-refractivity contribution in [1.29, 1.82) is 0 Å². The van der Waals surface area contributed by atoms with Gasteiger partial charge < -0.3 is 18.8 Å². The molecule has 0 aliphatic carbocycles. The average molecular weight is 276 g/mol. The number of methoxy groups -OCH3 is 2. The Hall–Kier alpha value is -2.50. The molecule has 1 aromatic carbocycles. The van der Waals surface area contributed by atoms with Gasteiger partial charge in [0, 0.05) is 12.4 Å². The molecule has 0 aliphatic rings. The van der Waals surface area contributed by atoms with Gasteiger partial charge in [0.2, 0.25) is 0 Å². The number of benzene rings is 1. The van der Waals surface area contributed by atoms with E-state index in [-0.39, 0.29) is 0 Å². The lowest BCUT2D eigenvalue weighted by atomic mass is 10.2. The summed E-state index contributed by atoms with van der Waals surface area (Å²) in [7, 11) is 2.86. The summed E-state index contributed by atoms with van der Waals surface area (Å²) in [6, 6.07) is 4.93. The molecule has 0 saturated heterocycles. The molecule has 0 saturated carbocycles. The van der Waals surface area contributed by atoms with Crippen molar-refractivity contribution in [2.24, 2.45) is 0 Å². The highest BCUT2D eigenvalue weighted by molar-refractivity contribution is 5.90. The molecule has 0 bridgehead atoms. The van der Waals surface area contributed by atoms with Gasteiger partial charge in [-0.3, -0.25) is 0 Å². The number of hydrogen-bond donors (Lipinski definition) is 0. The van der Waals surface area contributed by atoms with Crippen molar-refractivity contribution in [1.82, 2.24) is 9.55 Å². The largest absolute Gasteiger partial charge is 0.493 e. The molecule has 0 N–H and O–H groups in total. The molecule has 0 unspecified atom stereocenters. The number of carbonyl (C=O) groups excluding carboxylic acids is 1. The Kier molecular flexibility index (Phi) is 4.60. The summed E-state index contributed by atoms with van der Waals surface area (Å²) >= 11 is 0. The maximum absolute atomic E-state index is 11.4. The van der Waals surface area contributed by atoms with Crippen molar-refractivity contribution in [2.75, 3.05) is 20.8 Å². The van der Waals surface area contributed by atoms with E-state index in [0.29, 0.717) is 30.2 Å². The number of esters is 1. The molecule has 6 nitrogen and oxygen atoms in total. The summed E-state index contributed by atoms with van der Waals surface area (Å²) in [5, 5.41) is 0. The lowest BCUT2D eigenvalue weighted by Gasteiger charge is -2.11. The minimum Gasteiger partial charge on any atom is -0.493 e. The van der Waals surface area contributed by atoms with E-state index in [2.05, 4.69) is 9.72 Å². The van der Waals surface area contributed by atoms with Gasteiger partial charge in [-0.15, -0.1) is 0 Å². The predicted molar refractivity (Wildman–Crippen MR) is 72.1 cm³/mol. The quantitative estimate of drug-likeness (QED) is 0.752. The van der Waals surface area contributed by atoms with Gasteiger partial charge in [0.1, 0.15) is 6.61 Å². The van der Waals surface area contributed by atoms with Gasteiger partial charge in [0.15, 0.2) is 11.5 Å². The number of hydrogen-bond acceptors (Lipinski definition) is 5. The van der Waals surface area contributed by atoms with E-state index >= 15 is 0 Å². The first-order chi connectivity index (χ1) is 9.74. The van der Waals surface area contributed by atoms with Gasteiger partial charge in [-0.1, -0.05) is 0 Å². The van der Waals surface area contributed by atoms with Crippen molar-refractivity contribution >= 4 is 5.97 Å². The fourth-order valence-corrected chi connectivity index (χ4v) is 1.71. The zero-order valence-electron chi connectivity index (χ0n) is 11.4. The molecule has 20 heavy (non-hydrogen) atoms. The summed E-state index contributed by atoms with van der Waals surface area (Å²) in [5.41, 5.74) is 0.423. The Labute approximate surface area is 116 Å². The first kappa shape index (κ1) is 13.9. The Morgan fingerprint density at radius 3 is 2.80 bits per heavy atom. The summed E-state index contributed by atoms with van der Waals surface area (Å²) in [5.74, 6) is 0.673. The molecular weight excluding hydrogens is 260 g/mol. The third-order valence-electron chi connectivity index (χ3n) is 2.75. The minimum atomic E-state index is -0.409. The lowest BCUT2D eigenvalue weighted by molar-refractivity contribution is 0.0600. The molecule has 1 aromatic heterocycles. The minimum absolute atomic E-state index is 0.409. The average Bonchev–Trinajstić information content (AvgIpc) is 3.00. The van der Waals surface area contributed by atoms with Gasteiger partial charge in [0.25, 0.3) is 0 Å². The number of carbonyl (C=O) groups is 1. The Morgan fingerprint density at radius 2 is 2.15 bits per heavy atom. The third kappa shape index (κ3) is 3.28. The van der Waals surface area contributed by atoms with Crippen LogP contribution in [0.4, 0.5) is 0 Å². The van der Waals surface area contributed by atoms with Crippen LogP contribution in [0.1, 0.15) is 10.4 Å². The zero-order valence-corrected chi connectivity index (χ0v) is 11.4. The highest BCUT2D eigenvalue weighted by Gasteiger charge is 2.11. The summed E-state index contributed by atoms with van der Waals surface area (Å²) < 4.78 is 17.4. The Morgan fingerprint density at radius 1 is 1.30 bits per heavy atom. The monoisotopic (exact) mass is 276 g/mol. The SMILES string of the molecule is COC(=O)c1ccc(OCCn2ccnc2)c(OC)c1. The van der Waals surface area contributed by atoms with E-state index in [0.717, 1.165) is 0 Å². The fraction of sp³-hybridized carbons (Fsp3) is 0.286. The van der Waals surface area contributed by atoms with Crippen LogP contribution < -0.4 is 9.47 Å². The number of ether oxygens (including phenoxy) is 3. The van der Waals surface area contributed by atoms with Crippen LogP contribution in [0.25, 0.3) is 0 Å². The molecule has 0 aliphatic heterocycles. The molecule has 106 valence electrons. The number of rotatable bonds is 6. The summed E-state index contributed by atoms with van der Waals surface area (Å²) in [4.78, 5) is 15.4. The molecule has 0 spiro atoms. The lowest BCUT2D eigenvalue weighted by Crippen LogP contribution is -2.08. The number of imidazole rings is 1. The standard InChI is InChI=1S/C14H16N2O4/c1-18-13-9-11(14(17)19-2)3-4-12(13)20-8-7-16-6-5-15-10-16/h3-6,9-10H,7-8H2,1-2H3. The molecule has 0 radical (unpaired) electrons. The predicted octanol–water partition coefficient (Wildman–Crippen LogP) is 1.76. The van der Waals surface area contributed by atoms with Crippen molar-refractivity contribution in [3.05, 3.63) is 42.5 Å². The van der Waals surface area contributed by atoms with Gasteiger partial charge in [-0.2, -0.15) is 0 Å². The van der Waals surface area contributed by atoms with Crippen LogP contribution in [0, 0.1) is 0 Å². The topological polar surface area (TPSA) is 62.6 Å². The van der Waals surface area contributed by atoms with E-state index in [4.69, 9.17) is 9.47 Å². The second kappa shape index (κ2) is 6.60. The van der Waals surface area contributed by atoms with E-state index in [1.54, 1.807) is 30.7 Å². The molecule has 2 aromatic rings. The molecule has 1 heterocycles. The highest BCUT2D eigenvalue weighted by Crippen LogP contribution is 2.28. The summed E-state index contributed by atoms with van der Waals surface area (Å²) in [6.45, 7) is 1.16. The second-order valence-corrected chi connectivity index (χ2v) is 4.01. The first-order valence-electron chi connectivity index (χ1n) is 6.09. The van der Waals surface area contributed by atoms with Crippen LogP contribution in [0.15, 0.2) is 36.9 Å².